The highest BCUT2D eigenvalue weighted by Crippen LogP contribution is 2.28. The Kier molecular flexibility index (Phi) is 5.14. The van der Waals surface area contributed by atoms with E-state index in [-0.39, 0.29) is 17.8 Å². The first kappa shape index (κ1) is 16.9. The van der Waals surface area contributed by atoms with Gasteiger partial charge in [0.25, 0.3) is 0 Å². The third-order valence-corrected chi connectivity index (χ3v) is 4.91. The average Bonchev–Trinajstić information content (AvgIpc) is 3.06. The molecule has 24 heavy (non-hydrogen) atoms. The van der Waals surface area contributed by atoms with Gasteiger partial charge in [-0.3, -0.25) is 4.79 Å². The van der Waals surface area contributed by atoms with E-state index in [4.69, 9.17) is 9.47 Å². The van der Waals surface area contributed by atoms with E-state index in [2.05, 4.69) is 18.0 Å². The lowest BCUT2D eigenvalue weighted by Gasteiger charge is -2.16. The Morgan fingerprint density at radius 2 is 2.17 bits per heavy atom. The molecule has 2 heterocycles. The summed E-state index contributed by atoms with van der Waals surface area (Å²) in [6.45, 7) is 4.81. The number of carbonyl (C=O) groups excluding carboxylic acids is 1. The van der Waals surface area contributed by atoms with Crippen LogP contribution < -0.4 is 4.74 Å². The lowest BCUT2D eigenvalue weighted by atomic mass is 9.92. The highest BCUT2D eigenvalue weighted by Gasteiger charge is 2.19. The van der Waals surface area contributed by atoms with E-state index in [0.717, 1.165) is 53.6 Å². The van der Waals surface area contributed by atoms with Gasteiger partial charge in [-0.25, -0.2) is 4.98 Å². The van der Waals surface area contributed by atoms with Gasteiger partial charge in [0.1, 0.15) is 0 Å². The number of ether oxygens (including phenoxy) is 2. The molecule has 0 fully saturated rings. The Morgan fingerprint density at radius 3 is 2.92 bits per heavy atom. The minimum absolute atomic E-state index is 0.00244. The number of hydrogen-bond donors (Lipinski definition) is 0. The van der Waals surface area contributed by atoms with Gasteiger partial charge in [0.05, 0.1) is 18.2 Å². The fourth-order valence-electron chi connectivity index (χ4n) is 3.26. The van der Waals surface area contributed by atoms with Gasteiger partial charge in [0.15, 0.2) is 5.78 Å². The highest BCUT2D eigenvalue weighted by molar-refractivity contribution is 6.00. The number of pyridine rings is 1. The number of benzene rings is 1. The molecule has 4 nitrogen and oxygen atoms in total. The second kappa shape index (κ2) is 7.31. The zero-order chi connectivity index (χ0) is 17.1. The molecule has 0 spiro atoms. The monoisotopic (exact) mass is 327 g/mol. The smallest absolute Gasteiger partial charge is 0.217 e. The molecule has 128 valence electrons. The minimum atomic E-state index is -0.00244. The van der Waals surface area contributed by atoms with Crippen molar-refractivity contribution < 1.29 is 14.3 Å². The number of nitrogens with zero attached hydrogens (tertiary/aromatic N) is 1. The first-order valence-electron chi connectivity index (χ1n) is 8.75. The van der Waals surface area contributed by atoms with Crippen LogP contribution in [0.25, 0.3) is 10.9 Å². The summed E-state index contributed by atoms with van der Waals surface area (Å²) in [4.78, 5) is 17.3. The molecule has 4 heteroatoms. The van der Waals surface area contributed by atoms with E-state index >= 15 is 0 Å². The van der Waals surface area contributed by atoms with E-state index in [1.807, 2.05) is 25.1 Å². The van der Waals surface area contributed by atoms with Gasteiger partial charge in [0, 0.05) is 36.0 Å². The molecule has 0 amide bonds. The Hall–Kier alpha value is -1.94. The molecule has 2 unspecified atom stereocenters. The number of rotatable bonds is 7. The maximum atomic E-state index is 12.7. The van der Waals surface area contributed by atoms with Crippen LogP contribution in [0.15, 0.2) is 24.3 Å². The zero-order valence-electron chi connectivity index (χ0n) is 14.7. The molecule has 0 saturated carbocycles. The van der Waals surface area contributed by atoms with Crippen LogP contribution in [0.4, 0.5) is 0 Å². The number of fused-ring (bicyclic) bond motifs is 2. The van der Waals surface area contributed by atoms with Crippen molar-refractivity contribution in [2.75, 3.05) is 13.7 Å². The molecular weight excluding hydrogens is 302 g/mol. The fourth-order valence-corrected chi connectivity index (χ4v) is 3.26. The Labute approximate surface area is 143 Å². The molecule has 0 radical (unpaired) electrons. The van der Waals surface area contributed by atoms with Gasteiger partial charge in [-0.1, -0.05) is 13.8 Å². The van der Waals surface area contributed by atoms with Crippen molar-refractivity contribution in [3.8, 4) is 5.88 Å². The van der Waals surface area contributed by atoms with Crippen molar-refractivity contribution in [2.45, 2.75) is 45.6 Å². The number of Topliss-reactive ketones (excluding diaryl/α,β-unsaturated/α-hetero) is 1. The van der Waals surface area contributed by atoms with Gasteiger partial charge in [-0.15, -0.1) is 0 Å². The third kappa shape index (κ3) is 3.44. The summed E-state index contributed by atoms with van der Waals surface area (Å²) in [5.41, 5.74) is 2.78. The molecule has 1 aromatic carbocycles. The number of aromatic nitrogens is 1. The second-order valence-electron chi connectivity index (χ2n) is 6.57. The van der Waals surface area contributed by atoms with E-state index in [1.54, 1.807) is 7.11 Å². The van der Waals surface area contributed by atoms with Gasteiger partial charge >= 0.3 is 0 Å². The van der Waals surface area contributed by atoms with Crippen molar-refractivity contribution >= 4 is 16.7 Å². The fraction of sp³-hybridized carbons (Fsp3) is 0.500. The number of carbonyl (C=O) groups is 1. The molecule has 1 aliphatic heterocycles. The molecule has 1 aliphatic rings. The van der Waals surface area contributed by atoms with Crippen LogP contribution in [0.2, 0.25) is 0 Å². The third-order valence-electron chi connectivity index (χ3n) is 4.91. The molecule has 0 bridgehead atoms. The molecular formula is C20H25NO3. The van der Waals surface area contributed by atoms with Crippen LogP contribution >= 0.6 is 0 Å². The van der Waals surface area contributed by atoms with Crippen molar-refractivity contribution in [3.05, 3.63) is 35.4 Å². The summed E-state index contributed by atoms with van der Waals surface area (Å²) >= 11 is 0. The lowest BCUT2D eigenvalue weighted by molar-refractivity contribution is 0.0792. The van der Waals surface area contributed by atoms with Gasteiger partial charge in [-0.05, 0) is 43.5 Å². The van der Waals surface area contributed by atoms with Crippen LogP contribution in [0, 0.1) is 5.92 Å². The van der Waals surface area contributed by atoms with Gasteiger partial charge in [-0.2, -0.15) is 0 Å². The van der Waals surface area contributed by atoms with E-state index in [0.29, 0.717) is 6.61 Å². The maximum absolute atomic E-state index is 12.7. The molecule has 0 aliphatic carbocycles. The molecule has 1 aromatic heterocycles. The summed E-state index contributed by atoms with van der Waals surface area (Å²) in [5, 5.41) is 1.01. The molecule has 0 saturated heterocycles. The minimum Gasteiger partial charge on any atom is -0.477 e. The first-order valence-corrected chi connectivity index (χ1v) is 8.75. The largest absolute Gasteiger partial charge is 0.477 e. The predicted octanol–water partition coefficient (Wildman–Crippen LogP) is 4.19. The summed E-state index contributed by atoms with van der Waals surface area (Å²) in [7, 11) is 1.74. The van der Waals surface area contributed by atoms with Crippen molar-refractivity contribution in [3.63, 3.8) is 0 Å². The topological polar surface area (TPSA) is 48.4 Å². The van der Waals surface area contributed by atoms with Gasteiger partial charge < -0.3 is 9.47 Å². The zero-order valence-corrected chi connectivity index (χ0v) is 14.7. The predicted molar refractivity (Wildman–Crippen MR) is 94.8 cm³/mol. The first-order chi connectivity index (χ1) is 11.6. The maximum Gasteiger partial charge on any atom is 0.217 e. The quantitative estimate of drug-likeness (QED) is 0.715. The number of ketones is 1. The summed E-state index contributed by atoms with van der Waals surface area (Å²) in [6.07, 6.45) is 3.87. The number of methoxy groups -OCH3 is 1. The number of hydrogen-bond acceptors (Lipinski definition) is 4. The summed E-state index contributed by atoms with van der Waals surface area (Å²) in [6, 6.07) is 7.86. The van der Waals surface area contributed by atoms with E-state index < -0.39 is 0 Å². The molecule has 3 rings (SSSR count). The van der Waals surface area contributed by atoms with Crippen LogP contribution in [-0.2, 0) is 11.2 Å². The Bertz CT molecular complexity index is 737. The summed E-state index contributed by atoms with van der Waals surface area (Å²) < 4.78 is 10.9. The van der Waals surface area contributed by atoms with E-state index in [9.17, 15) is 4.79 Å². The normalized spacial score (nSPS) is 15.8. The molecule has 0 N–H and O–H groups in total. The van der Waals surface area contributed by atoms with Crippen LogP contribution in [0.5, 0.6) is 5.88 Å². The Morgan fingerprint density at radius 1 is 1.33 bits per heavy atom. The highest BCUT2D eigenvalue weighted by atomic mass is 16.5. The summed E-state index contributed by atoms with van der Waals surface area (Å²) in [5.74, 6) is 0.928. The van der Waals surface area contributed by atoms with Gasteiger partial charge in [0.2, 0.25) is 5.88 Å². The SMILES string of the molecule is CCC(CCC(C)C(=O)c1ccc2nc3c(cc2c1)CCO3)OC. The second-order valence-corrected chi connectivity index (χ2v) is 6.57. The van der Waals surface area contributed by atoms with E-state index in [1.165, 1.54) is 0 Å². The standard InChI is InChI=1S/C20H25NO3/c1-4-17(23-3)7-5-13(2)19(22)14-6-8-18-16(11-14)12-15-9-10-24-20(15)21-18/h6,8,11-13,17H,4-5,7,9-10H2,1-3H3. The Balaban J connectivity index is 1.76. The molecule has 2 aromatic rings. The van der Waals surface area contributed by atoms with Crippen LogP contribution in [-0.4, -0.2) is 30.6 Å². The van der Waals surface area contributed by atoms with Crippen molar-refractivity contribution in [2.24, 2.45) is 5.92 Å². The van der Waals surface area contributed by atoms with Crippen molar-refractivity contribution in [1.29, 1.82) is 0 Å². The molecule has 2 atom stereocenters. The van der Waals surface area contributed by atoms with Crippen LogP contribution in [0.3, 0.4) is 0 Å². The average molecular weight is 327 g/mol. The van der Waals surface area contributed by atoms with Crippen molar-refractivity contribution in [1.82, 2.24) is 4.98 Å². The van der Waals surface area contributed by atoms with Crippen LogP contribution in [0.1, 0.15) is 49.0 Å². The lowest BCUT2D eigenvalue weighted by Crippen LogP contribution is -2.16.